The number of rotatable bonds is 6. The molecule has 0 bridgehead atoms. The van der Waals surface area contributed by atoms with Crippen molar-refractivity contribution in [1.29, 1.82) is 0 Å². The number of anilines is 1. The lowest BCUT2D eigenvalue weighted by molar-refractivity contribution is -0.113. The molecule has 4 nitrogen and oxygen atoms in total. The highest BCUT2D eigenvalue weighted by Gasteiger charge is 2.07. The first kappa shape index (κ1) is 17.9. The SMILES string of the molecule is O=C(CSc1ccc(F)c(F)c1)Nc1ccc(Oc2ccncc2)cc1. The van der Waals surface area contributed by atoms with Gasteiger partial charge < -0.3 is 10.1 Å². The molecule has 1 heterocycles. The first-order valence-electron chi connectivity index (χ1n) is 7.66. The van der Waals surface area contributed by atoms with E-state index < -0.39 is 11.6 Å². The highest BCUT2D eigenvalue weighted by atomic mass is 32.2. The number of aromatic nitrogens is 1. The zero-order chi connectivity index (χ0) is 18.4. The molecular weight excluding hydrogens is 358 g/mol. The van der Waals surface area contributed by atoms with Crippen molar-refractivity contribution in [3.63, 3.8) is 0 Å². The van der Waals surface area contributed by atoms with Crippen LogP contribution in [0, 0.1) is 11.6 Å². The van der Waals surface area contributed by atoms with Crippen LogP contribution in [-0.4, -0.2) is 16.6 Å². The van der Waals surface area contributed by atoms with Crippen LogP contribution in [0.4, 0.5) is 14.5 Å². The Bertz CT molecular complexity index is 890. The molecule has 132 valence electrons. The van der Waals surface area contributed by atoms with Crippen LogP contribution in [0.15, 0.2) is 71.9 Å². The molecule has 2 aromatic carbocycles. The van der Waals surface area contributed by atoms with Crippen LogP contribution < -0.4 is 10.1 Å². The summed E-state index contributed by atoms with van der Waals surface area (Å²) in [5.74, 6) is -0.707. The molecule has 7 heteroatoms. The number of thioether (sulfide) groups is 1. The molecule has 0 unspecified atom stereocenters. The summed E-state index contributed by atoms with van der Waals surface area (Å²) in [5.41, 5.74) is 0.614. The van der Waals surface area contributed by atoms with E-state index in [9.17, 15) is 13.6 Å². The second kappa shape index (κ2) is 8.44. The molecule has 0 atom stereocenters. The highest BCUT2D eigenvalue weighted by Crippen LogP contribution is 2.23. The van der Waals surface area contributed by atoms with Crippen LogP contribution in [0.5, 0.6) is 11.5 Å². The number of carbonyl (C=O) groups is 1. The Morgan fingerprint density at radius 2 is 1.65 bits per heavy atom. The summed E-state index contributed by atoms with van der Waals surface area (Å²) in [6.45, 7) is 0. The van der Waals surface area contributed by atoms with E-state index >= 15 is 0 Å². The van der Waals surface area contributed by atoms with Crippen LogP contribution in [0.25, 0.3) is 0 Å². The molecule has 3 aromatic rings. The average Bonchev–Trinajstić information content (AvgIpc) is 2.65. The summed E-state index contributed by atoms with van der Waals surface area (Å²) >= 11 is 1.13. The zero-order valence-electron chi connectivity index (χ0n) is 13.5. The summed E-state index contributed by atoms with van der Waals surface area (Å²) in [6, 6.07) is 13.9. The quantitative estimate of drug-likeness (QED) is 0.627. The summed E-state index contributed by atoms with van der Waals surface area (Å²) in [6.07, 6.45) is 3.27. The number of carbonyl (C=O) groups excluding carboxylic acids is 1. The summed E-state index contributed by atoms with van der Waals surface area (Å²) in [5, 5.41) is 2.74. The van der Waals surface area contributed by atoms with Gasteiger partial charge in [0.2, 0.25) is 5.91 Å². The van der Waals surface area contributed by atoms with E-state index in [0.717, 1.165) is 23.9 Å². The van der Waals surface area contributed by atoms with E-state index in [1.54, 1.807) is 48.8 Å². The Hall–Kier alpha value is -2.93. The first-order valence-corrected chi connectivity index (χ1v) is 8.64. The summed E-state index contributed by atoms with van der Waals surface area (Å²) in [7, 11) is 0. The second-order valence-corrected chi connectivity index (χ2v) is 6.27. The van der Waals surface area contributed by atoms with Crippen LogP contribution in [0.2, 0.25) is 0 Å². The Balaban J connectivity index is 1.51. The minimum atomic E-state index is -0.930. The number of halogens is 2. The lowest BCUT2D eigenvalue weighted by atomic mass is 10.3. The van der Waals surface area contributed by atoms with Crippen LogP contribution in [0.3, 0.4) is 0 Å². The van der Waals surface area contributed by atoms with Crippen LogP contribution >= 0.6 is 11.8 Å². The first-order chi connectivity index (χ1) is 12.6. The molecule has 1 aromatic heterocycles. The number of pyridine rings is 1. The van der Waals surface area contributed by atoms with Gasteiger partial charge in [0.25, 0.3) is 0 Å². The Kier molecular flexibility index (Phi) is 5.80. The van der Waals surface area contributed by atoms with E-state index in [-0.39, 0.29) is 11.7 Å². The maximum Gasteiger partial charge on any atom is 0.234 e. The Labute approximate surface area is 153 Å². The van der Waals surface area contributed by atoms with Crippen molar-refractivity contribution >= 4 is 23.4 Å². The molecule has 1 amide bonds. The van der Waals surface area contributed by atoms with Gasteiger partial charge in [-0.05, 0) is 54.6 Å². The van der Waals surface area contributed by atoms with Crippen molar-refractivity contribution in [2.75, 3.05) is 11.1 Å². The van der Waals surface area contributed by atoms with E-state index in [1.165, 1.54) is 6.07 Å². The molecule has 0 fully saturated rings. The molecule has 0 saturated heterocycles. The fourth-order valence-electron chi connectivity index (χ4n) is 2.06. The van der Waals surface area contributed by atoms with Gasteiger partial charge in [-0.25, -0.2) is 8.78 Å². The predicted molar refractivity (Wildman–Crippen MR) is 96.5 cm³/mol. The molecule has 3 rings (SSSR count). The molecular formula is C19H14F2N2O2S. The van der Waals surface area contributed by atoms with Gasteiger partial charge in [-0.15, -0.1) is 11.8 Å². The van der Waals surface area contributed by atoms with Gasteiger partial charge in [-0.2, -0.15) is 0 Å². The average molecular weight is 372 g/mol. The third-order valence-corrected chi connectivity index (χ3v) is 4.28. The molecule has 0 radical (unpaired) electrons. The molecule has 0 aliphatic heterocycles. The predicted octanol–water partition coefficient (Wildman–Crippen LogP) is 4.88. The molecule has 0 spiro atoms. The lowest BCUT2D eigenvalue weighted by Crippen LogP contribution is -2.13. The van der Waals surface area contributed by atoms with Gasteiger partial charge in [0, 0.05) is 23.0 Å². The summed E-state index contributed by atoms with van der Waals surface area (Å²) in [4.78, 5) is 16.4. The lowest BCUT2D eigenvalue weighted by Gasteiger charge is -2.08. The standard InChI is InChI=1S/C19H14F2N2O2S/c20-17-6-5-16(11-18(17)21)26-12-19(24)23-13-1-3-14(4-2-13)25-15-7-9-22-10-8-15/h1-11H,12H2,(H,23,24). The number of ether oxygens (including phenoxy) is 1. The Morgan fingerprint density at radius 3 is 2.35 bits per heavy atom. The fourth-order valence-corrected chi connectivity index (χ4v) is 2.78. The molecule has 0 aliphatic rings. The van der Waals surface area contributed by atoms with Crippen molar-refractivity contribution in [2.24, 2.45) is 0 Å². The fraction of sp³-hybridized carbons (Fsp3) is 0.0526. The van der Waals surface area contributed by atoms with Crippen molar-refractivity contribution < 1.29 is 18.3 Å². The monoisotopic (exact) mass is 372 g/mol. The largest absolute Gasteiger partial charge is 0.457 e. The van der Waals surface area contributed by atoms with Crippen molar-refractivity contribution in [2.45, 2.75) is 4.90 Å². The maximum absolute atomic E-state index is 13.1. The van der Waals surface area contributed by atoms with E-state index in [0.29, 0.717) is 22.1 Å². The second-order valence-electron chi connectivity index (χ2n) is 5.22. The van der Waals surface area contributed by atoms with E-state index in [2.05, 4.69) is 10.3 Å². The summed E-state index contributed by atoms with van der Waals surface area (Å²) < 4.78 is 31.7. The van der Waals surface area contributed by atoms with Crippen LogP contribution in [-0.2, 0) is 4.79 Å². The minimum Gasteiger partial charge on any atom is -0.457 e. The zero-order valence-corrected chi connectivity index (χ0v) is 14.3. The van der Waals surface area contributed by atoms with Gasteiger partial charge in [-0.3, -0.25) is 9.78 Å². The highest BCUT2D eigenvalue weighted by molar-refractivity contribution is 8.00. The van der Waals surface area contributed by atoms with Gasteiger partial charge >= 0.3 is 0 Å². The third kappa shape index (κ3) is 5.03. The molecule has 26 heavy (non-hydrogen) atoms. The minimum absolute atomic E-state index is 0.0837. The van der Waals surface area contributed by atoms with Crippen molar-refractivity contribution in [3.8, 4) is 11.5 Å². The molecule has 0 saturated carbocycles. The maximum atomic E-state index is 13.1. The van der Waals surface area contributed by atoms with E-state index in [1.807, 2.05) is 0 Å². The number of nitrogens with zero attached hydrogens (tertiary/aromatic N) is 1. The number of hydrogen-bond donors (Lipinski definition) is 1. The number of hydrogen-bond acceptors (Lipinski definition) is 4. The molecule has 1 N–H and O–H groups in total. The number of amides is 1. The number of nitrogens with one attached hydrogen (secondary N) is 1. The van der Waals surface area contributed by atoms with Gasteiger partial charge in [0.1, 0.15) is 11.5 Å². The third-order valence-electron chi connectivity index (χ3n) is 3.28. The van der Waals surface area contributed by atoms with Gasteiger partial charge in [0.15, 0.2) is 11.6 Å². The van der Waals surface area contributed by atoms with Crippen molar-refractivity contribution in [3.05, 3.63) is 78.6 Å². The topological polar surface area (TPSA) is 51.2 Å². The van der Waals surface area contributed by atoms with Crippen molar-refractivity contribution in [1.82, 2.24) is 4.98 Å². The normalized spacial score (nSPS) is 10.4. The van der Waals surface area contributed by atoms with E-state index in [4.69, 9.17) is 4.74 Å². The number of benzene rings is 2. The smallest absolute Gasteiger partial charge is 0.234 e. The van der Waals surface area contributed by atoms with Gasteiger partial charge in [0.05, 0.1) is 5.75 Å². The van der Waals surface area contributed by atoms with Gasteiger partial charge in [-0.1, -0.05) is 0 Å². The Morgan fingerprint density at radius 1 is 0.962 bits per heavy atom. The molecule has 0 aliphatic carbocycles. The van der Waals surface area contributed by atoms with Crippen LogP contribution in [0.1, 0.15) is 0 Å².